The van der Waals surface area contributed by atoms with Crippen LogP contribution in [0, 0.1) is 11.6 Å². The molecule has 2 heterocycles. The molecule has 1 aliphatic heterocycles. The number of benzene rings is 2. The van der Waals surface area contributed by atoms with Crippen LogP contribution in [-0.2, 0) is 32.1 Å². The third-order valence-electron chi connectivity index (χ3n) is 5.05. The molecule has 172 valence electrons. The van der Waals surface area contributed by atoms with Crippen LogP contribution in [0.1, 0.15) is 49.3 Å². The Bertz CT molecular complexity index is 1130. The molecule has 0 spiro atoms. The summed E-state index contributed by atoms with van der Waals surface area (Å²) < 4.78 is 68.8. The van der Waals surface area contributed by atoms with Gasteiger partial charge in [-0.25, -0.2) is 13.8 Å². The molecule has 0 fully saturated rings. The van der Waals surface area contributed by atoms with Crippen LogP contribution in [-0.4, -0.2) is 11.0 Å². The van der Waals surface area contributed by atoms with E-state index in [-0.39, 0.29) is 47.8 Å². The topological polar surface area (TPSA) is 69.4 Å². The zero-order valence-electron chi connectivity index (χ0n) is 18.5. The van der Waals surface area contributed by atoms with Crippen LogP contribution >= 0.6 is 0 Å². The maximum atomic E-state index is 14.6. The van der Waals surface area contributed by atoms with E-state index in [4.69, 9.17) is 17.6 Å². The van der Waals surface area contributed by atoms with Crippen LogP contribution in [0.2, 0.25) is 0 Å². The molecule has 0 aliphatic carbocycles. The number of halogens is 3. The predicted octanol–water partition coefficient (Wildman–Crippen LogP) is 3.26. The number of rotatable bonds is 4. The van der Waals surface area contributed by atoms with Gasteiger partial charge in [-0.1, -0.05) is 38.0 Å². The van der Waals surface area contributed by atoms with Gasteiger partial charge in [0.2, 0.25) is 0 Å². The summed E-state index contributed by atoms with van der Waals surface area (Å²) in [5.41, 5.74) is 2.32. The van der Waals surface area contributed by atoms with Gasteiger partial charge in [0, 0.05) is 17.0 Å². The van der Waals surface area contributed by atoms with Crippen LogP contribution in [0.5, 0.6) is 5.75 Å². The van der Waals surface area contributed by atoms with E-state index in [1.165, 1.54) is 12.1 Å². The number of unbranched alkanes of at least 4 members (excludes halogenated alkanes) is 1. The second kappa shape index (κ2) is 13.2. The molecular weight excluding hydrogens is 466 g/mol. The molecule has 1 aliphatic rings. The summed E-state index contributed by atoms with van der Waals surface area (Å²) in [7, 11) is -2.49. The number of oxazole rings is 1. The number of hydrogen-bond acceptors (Lipinski definition) is 6. The first-order valence-corrected chi connectivity index (χ1v) is 11.4. The minimum absolute atomic E-state index is 0. The SMILES string of the molecule is CCCCC1Cc2ccc(F)c(c2)-c2cccc(F)c2OCc2coc1n2.O=[S-](=O)CF.[Na+]. The molecule has 1 atom stereocenters. The zero-order chi connectivity index (χ0) is 23.1. The molecule has 4 bridgehead atoms. The van der Waals surface area contributed by atoms with Gasteiger partial charge in [-0.05, 0) is 47.3 Å². The summed E-state index contributed by atoms with van der Waals surface area (Å²) in [6, 6.07) is 8.25. The van der Waals surface area contributed by atoms with E-state index in [1.807, 2.05) is 0 Å². The Morgan fingerprint density at radius 1 is 1.12 bits per heavy atom. The molecule has 5 nitrogen and oxygen atoms in total. The Hall–Kier alpha value is -1.81. The van der Waals surface area contributed by atoms with Gasteiger partial charge in [-0.2, -0.15) is 0 Å². The third-order valence-corrected chi connectivity index (χ3v) is 5.23. The van der Waals surface area contributed by atoms with E-state index in [1.54, 1.807) is 30.5 Å². The average molecular weight is 489 g/mol. The fourth-order valence-corrected chi connectivity index (χ4v) is 3.54. The Labute approximate surface area is 214 Å². The van der Waals surface area contributed by atoms with Crippen LogP contribution in [0.4, 0.5) is 13.2 Å². The van der Waals surface area contributed by atoms with Gasteiger partial charge in [-0.3, -0.25) is 4.39 Å². The minimum atomic E-state index is -2.49. The van der Waals surface area contributed by atoms with Gasteiger partial charge >= 0.3 is 29.6 Å². The first kappa shape index (κ1) is 27.4. The summed E-state index contributed by atoms with van der Waals surface area (Å²) in [6.07, 6.45) is 5.33. The van der Waals surface area contributed by atoms with Crippen molar-refractivity contribution in [1.82, 2.24) is 4.98 Å². The average Bonchev–Trinajstić information content (AvgIpc) is 3.25. The molecule has 0 N–H and O–H groups in total. The number of hydrogen-bond donors (Lipinski definition) is 0. The van der Waals surface area contributed by atoms with Crippen LogP contribution in [0.3, 0.4) is 0 Å². The van der Waals surface area contributed by atoms with Crippen molar-refractivity contribution in [2.24, 2.45) is 0 Å². The van der Waals surface area contributed by atoms with E-state index in [0.29, 0.717) is 29.1 Å². The second-order valence-electron chi connectivity index (χ2n) is 7.35. The first-order valence-electron chi connectivity index (χ1n) is 10.2. The van der Waals surface area contributed by atoms with E-state index >= 15 is 0 Å². The van der Waals surface area contributed by atoms with E-state index in [2.05, 4.69) is 11.9 Å². The third kappa shape index (κ3) is 7.34. The molecule has 10 heteroatoms. The van der Waals surface area contributed by atoms with Crippen LogP contribution < -0.4 is 34.3 Å². The summed E-state index contributed by atoms with van der Waals surface area (Å²) in [4.78, 5) is 4.55. The first-order chi connectivity index (χ1) is 15.4. The number of nitrogens with zero attached hydrogens (tertiary/aromatic N) is 1. The summed E-state index contributed by atoms with van der Waals surface area (Å²) in [5.74, 6) is -0.127. The second-order valence-corrected chi connectivity index (χ2v) is 8.18. The van der Waals surface area contributed by atoms with E-state index in [9.17, 15) is 13.2 Å². The van der Waals surface area contributed by atoms with Gasteiger partial charge in [0.15, 0.2) is 17.5 Å². The summed E-state index contributed by atoms with van der Waals surface area (Å²) >= 11 is 0. The van der Waals surface area contributed by atoms with Gasteiger partial charge in [0.1, 0.15) is 24.4 Å². The predicted molar refractivity (Wildman–Crippen MR) is 113 cm³/mol. The van der Waals surface area contributed by atoms with E-state index < -0.39 is 28.3 Å². The maximum Gasteiger partial charge on any atom is 1.00 e. The van der Waals surface area contributed by atoms with Gasteiger partial charge in [-0.15, -0.1) is 0 Å². The van der Waals surface area contributed by atoms with Gasteiger partial charge in [0.05, 0.1) is 6.01 Å². The number of para-hydroxylation sites is 1. The largest absolute Gasteiger partial charge is 1.00 e. The minimum Gasteiger partial charge on any atom is -0.483 e. The molecule has 1 unspecified atom stereocenters. The Morgan fingerprint density at radius 2 is 1.88 bits per heavy atom. The standard InChI is InChI=1S/C22H21F2NO2.CH2FO2S.Na/c1-2-3-5-15-10-14-8-9-19(23)18(11-14)17-6-4-7-20(24)21(17)26-12-16-13-27-22(15)25-16;2-1-5(3)4;/h4,6-9,11,13,15H,2-3,5,10,12H2,1H3;1H2;/q;-1;+1. The zero-order valence-corrected chi connectivity index (χ0v) is 21.3. The molecule has 4 rings (SSSR count). The number of aromatic nitrogens is 1. The van der Waals surface area contributed by atoms with Crippen LogP contribution in [0.25, 0.3) is 11.1 Å². The summed E-state index contributed by atoms with van der Waals surface area (Å²) in [5, 5.41) is 0. The van der Waals surface area contributed by atoms with Crippen molar-refractivity contribution in [3.05, 3.63) is 71.4 Å². The van der Waals surface area contributed by atoms with E-state index in [0.717, 1.165) is 24.8 Å². The van der Waals surface area contributed by atoms with Crippen molar-refractivity contribution in [3.8, 4) is 16.9 Å². The molecule has 0 radical (unpaired) electrons. The number of alkyl halides is 1. The number of ether oxygens (including phenoxy) is 1. The normalized spacial score (nSPS) is 14.5. The van der Waals surface area contributed by atoms with Crippen molar-refractivity contribution in [2.75, 3.05) is 6.01 Å². The monoisotopic (exact) mass is 489 g/mol. The Kier molecular flexibility index (Phi) is 11.0. The van der Waals surface area contributed by atoms with Crippen LogP contribution in [0.15, 0.2) is 47.1 Å². The van der Waals surface area contributed by atoms with Crippen molar-refractivity contribution >= 4 is 10.7 Å². The van der Waals surface area contributed by atoms with Crippen molar-refractivity contribution in [1.29, 1.82) is 0 Å². The Morgan fingerprint density at radius 3 is 2.58 bits per heavy atom. The molecule has 0 amide bonds. The molecule has 33 heavy (non-hydrogen) atoms. The molecule has 0 saturated carbocycles. The maximum absolute atomic E-state index is 14.6. The molecule has 1 aromatic heterocycles. The molecule has 0 saturated heterocycles. The van der Waals surface area contributed by atoms with Gasteiger partial charge < -0.3 is 17.6 Å². The molecule has 2 aromatic carbocycles. The van der Waals surface area contributed by atoms with Crippen molar-refractivity contribution in [2.45, 2.75) is 45.1 Å². The Balaban J connectivity index is 0.000000583. The fraction of sp³-hybridized carbons (Fsp3) is 0.348. The molecular formula is C23H23F3NNaO4S. The van der Waals surface area contributed by atoms with Crippen molar-refractivity contribution in [3.63, 3.8) is 0 Å². The number of fused-ring (bicyclic) bond motifs is 6. The van der Waals surface area contributed by atoms with Crippen molar-refractivity contribution < 1.29 is 60.3 Å². The quantitative estimate of drug-likeness (QED) is 0.416. The van der Waals surface area contributed by atoms with Gasteiger partial charge in [0.25, 0.3) is 0 Å². The smallest absolute Gasteiger partial charge is 0.483 e. The molecule has 3 aromatic rings. The summed E-state index contributed by atoms with van der Waals surface area (Å²) in [6.45, 7) is 2.21. The fourth-order valence-electron chi connectivity index (χ4n) is 3.54.